The molecule has 0 unspecified atom stereocenters. The van der Waals surface area contributed by atoms with Crippen molar-refractivity contribution in [2.24, 2.45) is 0 Å². The lowest BCUT2D eigenvalue weighted by atomic mass is 10.1. The number of ether oxygens (including phenoxy) is 1. The third kappa shape index (κ3) is 6.88. The lowest BCUT2D eigenvalue weighted by Gasteiger charge is -2.24. The Balaban J connectivity index is 1.29. The molecule has 39 heavy (non-hydrogen) atoms. The van der Waals surface area contributed by atoms with E-state index in [0.717, 1.165) is 11.3 Å². The zero-order valence-electron chi connectivity index (χ0n) is 20.5. The predicted octanol–water partition coefficient (Wildman–Crippen LogP) is 5.11. The molecule has 0 aliphatic carbocycles. The fourth-order valence-electron chi connectivity index (χ4n) is 4.40. The lowest BCUT2D eigenvalue weighted by molar-refractivity contribution is -0.274. The molecule has 2 aromatic heterocycles. The summed E-state index contributed by atoms with van der Waals surface area (Å²) in [6.07, 6.45) is -2.01. The van der Waals surface area contributed by atoms with Gasteiger partial charge in [-0.1, -0.05) is 17.3 Å². The van der Waals surface area contributed by atoms with Crippen LogP contribution in [0, 0.1) is 0 Å². The summed E-state index contributed by atoms with van der Waals surface area (Å²) >= 11 is 0. The van der Waals surface area contributed by atoms with Crippen LogP contribution in [0.25, 0.3) is 22.6 Å². The van der Waals surface area contributed by atoms with Gasteiger partial charge in [-0.25, -0.2) is 8.42 Å². The molecule has 8 nitrogen and oxygen atoms in total. The van der Waals surface area contributed by atoms with E-state index in [1.165, 1.54) is 34.9 Å². The van der Waals surface area contributed by atoms with Crippen molar-refractivity contribution in [1.82, 2.24) is 9.72 Å². The average Bonchev–Trinajstić information content (AvgIpc) is 3.37. The first-order valence-corrected chi connectivity index (χ1v) is 13.9. The smallest absolute Gasteiger partial charge is 0.406 e. The van der Waals surface area contributed by atoms with Gasteiger partial charge in [0, 0.05) is 41.2 Å². The topological polar surface area (TPSA) is 103 Å². The van der Waals surface area contributed by atoms with E-state index >= 15 is 0 Å². The largest absolute Gasteiger partial charge is 0.573 e. The molecular weight excluding hydrogens is 535 g/mol. The molecule has 1 N–H and O–H groups in total. The first kappa shape index (κ1) is 26.5. The molecule has 1 aliphatic rings. The van der Waals surface area contributed by atoms with Crippen LogP contribution >= 0.6 is 0 Å². The normalized spacial score (nSPS) is 15.7. The second kappa shape index (κ2) is 10.6. The second-order valence-electron chi connectivity index (χ2n) is 9.30. The van der Waals surface area contributed by atoms with Gasteiger partial charge < -0.3 is 19.1 Å². The fraction of sp³-hybridized carbons (Fsp3) is 0.259. The summed E-state index contributed by atoms with van der Waals surface area (Å²) in [6, 6.07) is 17.6. The Kier molecular flexibility index (Phi) is 7.21. The van der Waals surface area contributed by atoms with E-state index in [4.69, 9.17) is 4.52 Å². The minimum atomic E-state index is -4.77. The van der Waals surface area contributed by atoms with Crippen molar-refractivity contribution in [3.05, 3.63) is 88.8 Å². The van der Waals surface area contributed by atoms with Crippen LogP contribution in [0.1, 0.15) is 18.4 Å². The van der Waals surface area contributed by atoms with E-state index in [0.29, 0.717) is 42.0 Å². The highest BCUT2D eigenvalue weighted by atomic mass is 32.2. The third-order valence-electron chi connectivity index (χ3n) is 6.37. The molecule has 0 radical (unpaired) electrons. The van der Waals surface area contributed by atoms with E-state index in [1.54, 1.807) is 18.3 Å². The molecule has 0 bridgehead atoms. The van der Waals surface area contributed by atoms with Crippen LogP contribution in [0.5, 0.6) is 5.75 Å². The van der Waals surface area contributed by atoms with E-state index in [9.17, 15) is 26.4 Å². The highest BCUT2D eigenvalue weighted by Gasteiger charge is 2.31. The number of hydrogen-bond donors (Lipinski definition) is 1. The lowest BCUT2D eigenvalue weighted by Crippen LogP contribution is -2.32. The van der Waals surface area contributed by atoms with Gasteiger partial charge in [-0.2, -0.15) is 0 Å². The maximum Gasteiger partial charge on any atom is 0.573 e. The first-order valence-electron chi connectivity index (χ1n) is 12.1. The summed E-state index contributed by atoms with van der Waals surface area (Å²) < 4.78 is 71.4. The van der Waals surface area contributed by atoms with Gasteiger partial charge in [0.25, 0.3) is 5.56 Å². The maximum absolute atomic E-state index is 12.6. The number of pyridine rings is 1. The van der Waals surface area contributed by atoms with Gasteiger partial charge in [-0.05, 0) is 60.9 Å². The molecule has 0 atom stereocenters. The number of benzene rings is 2. The number of halogens is 3. The Morgan fingerprint density at radius 2 is 1.72 bits per heavy atom. The molecule has 2 aromatic carbocycles. The van der Waals surface area contributed by atoms with Crippen LogP contribution in [-0.2, 0) is 16.4 Å². The van der Waals surface area contributed by atoms with Gasteiger partial charge in [0.05, 0.1) is 18.1 Å². The minimum absolute atomic E-state index is 0.0730. The van der Waals surface area contributed by atoms with Crippen LogP contribution in [0.4, 0.5) is 18.9 Å². The monoisotopic (exact) mass is 559 g/mol. The Hall–Kier alpha value is -4.06. The van der Waals surface area contributed by atoms with Crippen molar-refractivity contribution in [2.75, 3.05) is 16.8 Å². The van der Waals surface area contributed by atoms with Crippen molar-refractivity contribution in [1.29, 1.82) is 0 Å². The molecular formula is C27H24F3N3O5S. The number of alkyl halides is 3. The van der Waals surface area contributed by atoms with Crippen molar-refractivity contribution in [3.63, 3.8) is 0 Å². The summed E-state index contributed by atoms with van der Waals surface area (Å²) in [5, 5.41) is 7.40. The van der Waals surface area contributed by atoms with Crippen LogP contribution < -0.4 is 15.6 Å². The fourth-order valence-corrected chi connectivity index (χ4v) is 5.89. The van der Waals surface area contributed by atoms with Crippen molar-refractivity contribution < 1.29 is 30.8 Å². The molecule has 0 saturated carbocycles. The quantitative estimate of drug-likeness (QED) is 0.336. The number of rotatable bonds is 7. The zero-order chi connectivity index (χ0) is 27.6. The average molecular weight is 560 g/mol. The summed E-state index contributed by atoms with van der Waals surface area (Å²) in [6.45, 7) is 0.295. The van der Waals surface area contributed by atoms with Crippen molar-refractivity contribution in [3.8, 4) is 28.3 Å². The predicted molar refractivity (Wildman–Crippen MR) is 139 cm³/mol. The highest BCUT2D eigenvalue weighted by Crippen LogP contribution is 2.29. The van der Waals surface area contributed by atoms with Gasteiger partial charge in [-0.3, -0.25) is 4.79 Å². The van der Waals surface area contributed by atoms with Crippen molar-refractivity contribution >= 4 is 15.5 Å². The number of nitrogens with zero attached hydrogens (tertiary/aromatic N) is 2. The van der Waals surface area contributed by atoms with Gasteiger partial charge in [0.1, 0.15) is 21.3 Å². The number of anilines is 1. The molecule has 1 aliphatic heterocycles. The summed E-state index contributed by atoms with van der Waals surface area (Å²) in [7, 11) is -2.94. The summed E-state index contributed by atoms with van der Waals surface area (Å²) in [4.78, 5) is 12.6. The number of hydrogen-bond acceptors (Lipinski definition) is 7. The summed E-state index contributed by atoms with van der Waals surface area (Å²) in [5.74, 6) is 0.395. The van der Waals surface area contributed by atoms with Gasteiger partial charge in [0.15, 0.2) is 5.76 Å². The molecule has 0 spiro atoms. The van der Waals surface area contributed by atoms with Crippen LogP contribution in [0.3, 0.4) is 0 Å². The molecule has 1 saturated heterocycles. The molecule has 12 heteroatoms. The minimum Gasteiger partial charge on any atom is -0.406 e. The summed E-state index contributed by atoms with van der Waals surface area (Å²) in [5.41, 5.74) is 3.07. The van der Waals surface area contributed by atoms with Gasteiger partial charge in [-0.15, -0.1) is 13.2 Å². The SMILES string of the molecule is O=c1ccc(-c2cc(-c3ccc(OC(F)(F)F)cc3)no2)cn1Cc1cccc(NC2CCS(=O)(=O)CC2)c1. The zero-order valence-corrected chi connectivity index (χ0v) is 21.3. The molecule has 204 valence electrons. The number of nitrogens with one attached hydrogen (secondary N) is 1. The van der Waals surface area contributed by atoms with E-state index in [1.807, 2.05) is 24.3 Å². The molecule has 1 fully saturated rings. The third-order valence-corrected chi connectivity index (χ3v) is 8.08. The van der Waals surface area contributed by atoms with E-state index in [2.05, 4.69) is 15.2 Å². The Morgan fingerprint density at radius 3 is 2.44 bits per heavy atom. The molecule has 4 aromatic rings. The van der Waals surface area contributed by atoms with Crippen LogP contribution in [-0.4, -0.2) is 42.1 Å². The Labute approximate surface area is 221 Å². The number of aromatic nitrogens is 2. The Bertz CT molecular complexity index is 1620. The van der Waals surface area contributed by atoms with E-state index in [-0.39, 0.29) is 28.9 Å². The molecule has 5 rings (SSSR count). The standard InChI is InChI=1S/C27H24F3N3O5S/c28-27(29,30)37-23-7-4-19(5-8-23)24-15-25(38-32-24)20-6-9-26(34)33(17-20)16-18-2-1-3-22(14-18)31-21-10-12-39(35,36)13-11-21/h1-9,14-15,17,21,31H,10-13,16H2. The van der Waals surface area contributed by atoms with Crippen LogP contribution in [0.15, 0.2) is 82.2 Å². The molecule has 3 heterocycles. The van der Waals surface area contributed by atoms with Crippen molar-refractivity contribution in [2.45, 2.75) is 31.8 Å². The van der Waals surface area contributed by atoms with Gasteiger partial charge in [0.2, 0.25) is 0 Å². The Morgan fingerprint density at radius 1 is 1.00 bits per heavy atom. The van der Waals surface area contributed by atoms with E-state index < -0.39 is 16.2 Å². The first-order chi connectivity index (χ1) is 18.5. The van der Waals surface area contributed by atoms with Crippen LogP contribution in [0.2, 0.25) is 0 Å². The maximum atomic E-state index is 12.6. The molecule has 0 amide bonds. The van der Waals surface area contributed by atoms with Gasteiger partial charge >= 0.3 is 6.36 Å². The number of sulfone groups is 1. The second-order valence-corrected chi connectivity index (χ2v) is 11.6. The highest BCUT2D eigenvalue weighted by molar-refractivity contribution is 7.91.